The van der Waals surface area contributed by atoms with Crippen LogP contribution in [-0.4, -0.2) is 0 Å². The number of nitrogen functional groups attached to an aromatic ring is 1. The van der Waals surface area contributed by atoms with Crippen LogP contribution in [0.25, 0.3) is 0 Å². The van der Waals surface area contributed by atoms with E-state index < -0.39 is 5.82 Å². The summed E-state index contributed by atoms with van der Waals surface area (Å²) >= 11 is 5.58. The summed E-state index contributed by atoms with van der Waals surface area (Å²) in [5.41, 5.74) is 7.12. The monoisotopic (exact) mass is 201 g/mol. The van der Waals surface area contributed by atoms with Crippen LogP contribution in [0.15, 0.2) is 12.1 Å². The van der Waals surface area contributed by atoms with Crippen molar-refractivity contribution in [3.63, 3.8) is 0 Å². The molecule has 1 aromatic carbocycles. The second kappa shape index (κ2) is 3.97. The zero-order valence-corrected chi connectivity index (χ0v) is 8.53. The Hall–Kier alpha value is -0.760. The summed E-state index contributed by atoms with van der Waals surface area (Å²) in [6, 6.07) is 2.89. The first-order valence-electron chi connectivity index (χ1n) is 4.30. The number of nitrogens with two attached hydrogens (primary N) is 1. The number of benzene rings is 1. The largest absolute Gasteiger partial charge is 0.398 e. The Morgan fingerprint density at radius 1 is 1.54 bits per heavy atom. The number of rotatable bonds is 2. The zero-order chi connectivity index (χ0) is 10.0. The van der Waals surface area contributed by atoms with E-state index in [0.29, 0.717) is 5.69 Å². The van der Waals surface area contributed by atoms with Crippen LogP contribution in [0.1, 0.15) is 31.7 Å². The molecule has 0 heterocycles. The highest BCUT2D eigenvalue weighted by atomic mass is 35.5. The summed E-state index contributed by atoms with van der Waals surface area (Å²) in [5, 5.41) is 0.0875. The SMILES string of the molecule is CCC(C)c1cc(F)c(Cl)cc1N. The topological polar surface area (TPSA) is 26.0 Å². The van der Waals surface area contributed by atoms with Crippen LogP contribution in [0.4, 0.5) is 10.1 Å². The molecule has 0 radical (unpaired) electrons. The highest BCUT2D eigenvalue weighted by molar-refractivity contribution is 6.31. The zero-order valence-electron chi connectivity index (χ0n) is 7.77. The van der Waals surface area contributed by atoms with Gasteiger partial charge in [0.05, 0.1) is 5.02 Å². The third-order valence-electron chi connectivity index (χ3n) is 2.27. The van der Waals surface area contributed by atoms with Crippen LogP contribution < -0.4 is 5.73 Å². The molecule has 1 aromatic rings. The van der Waals surface area contributed by atoms with Crippen molar-refractivity contribution in [2.45, 2.75) is 26.2 Å². The lowest BCUT2D eigenvalue weighted by atomic mass is 9.97. The molecule has 1 atom stereocenters. The molecule has 0 aromatic heterocycles. The van der Waals surface area contributed by atoms with Crippen LogP contribution in [-0.2, 0) is 0 Å². The molecule has 1 unspecified atom stereocenters. The van der Waals surface area contributed by atoms with Gasteiger partial charge in [0.1, 0.15) is 5.82 Å². The van der Waals surface area contributed by atoms with Crippen LogP contribution in [0, 0.1) is 5.82 Å². The number of hydrogen-bond acceptors (Lipinski definition) is 1. The minimum absolute atomic E-state index is 0.0875. The van der Waals surface area contributed by atoms with Crippen molar-refractivity contribution in [2.75, 3.05) is 5.73 Å². The molecule has 0 aliphatic rings. The van der Waals surface area contributed by atoms with Gasteiger partial charge in [0, 0.05) is 5.69 Å². The summed E-state index contributed by atoms with van der Waals surface area (Å²) in [6.07, 6.45) is 0.936. The molecule has 2 N–H and O–H groups in total. The van der Waals surface area contributed by atoms with Crippen molar-refractivity contribution in [3.8, 4) is 0 Å². The molecule has 0 amide bonds. The van der Waals surface area contributed by atoms with E-state index in [1.807, 2.05) is 13.8 Å². The van der Waals surface area contributed by atoms with E-state index >= 15 is 0 Å². The summed E-state index contributed by atoms with van der Waals surface area (Å²) < 4.78 is 13.1. The summed E-state index contributed by atoms with van der Waals surface area (Å²) in [6.45, 7) is 4.05. The Balaban J connectivity index is 3.15. The van der Waals surface area contributed by atoms with Gasteiger partial charge >= 0.3 is 0 Å². The van der Waals surface area contributed by atoms with Crippen molar-refractivity contribution in [3.05, 3.63) is 28.5 Å². The average Bonchev–Trinajstić information content (AvgIpc) is 2.10. The van der Waals surface area contributed by atoms with Gasteiger partial charge in [-0.25, -0.2) is 4.39 Å². The van der Waals surface area contributed by atoms with Crippen LogP contribution >= 0.6 is 11.6 Å². The molecule has 1 rings (SSSR count). The van der Waals surface area contributed by atoms with Crippen molar-refractivity contribution >= 4 is 17.3 Å². The van der Waals surface area contributed by atoms with E-state index in [9.17, 15) is 4.39 Å². The number of hydrogen-bond donors (Lipinski definition) is 1. The molecular weight excluding hydrogens is 189 g/mol. The van der Waals surface area contributed by atoms with E-state index in [0.717, 1.165) is 12.0 Å². The van der Waals surface area contributed by atoms with Crippen molar-refractivity contribution < 1.29 is 4.39 Å². The second-order valence-electron chi connectivity index (χ2n) is 3.20. The third kappa shape index (κ3) is 2.13. The molecule has 13 heavy (non-hydrogen) atoms. The first-order chi connectivity index (χ1) is 6.06. The van der Waals surface area contributed by atoms with Crippen LogP contribution in [0.2, 0.25) is 5.02 Å². The Labute approximate surface area is 82.7 Å². The third-order valence-corrected chi connectivity index (χ3v) is 2.56. The summed E-state index contributed by atoms with van der Waals surface area (Å²) in [5.74, 6) is -0.127. The fourth-order valence-corrected chi connectivity index (χ4v) is 1.40. The predicted molar refractivity (Wildman–Crippen MR) is 54.5 cm³/mol. The van der Waals surface area contributed by atoms with Crippen molar-refractivity contribution in [1.82, 2.24) is 0 Å². The quantitative estimate of drug-likeness (QED) is 0.728. The minimum atomic E-state index is -0.397. The smallest absolute Gasteiger partial charge is 0.142 e. The maximum absolute atomic E-state index is 13.1. The second-order valence-corrected chi connectivity index (χ2v) is 3.61. The minimum Gasteiger partial charge on any atom is -0.398 e. The van der Waals surface area contributed by atoms with Gasteiger partial charge in [-0.05, 0) is 30.0 Å². The van der Waals surface area contributed by atoms with Crippen molar-refractivity contribution in [2.24, 2.45) is 0 Å². The van der Waals surface area contributed by atoms with Gasteiger partial charge in [-0.1, -0.05) is 25.4 Å². The molecule has 0 saturated carbocycles. The molecule has 3 heteroatoms. The molecule has 72 valence electrons. The van der Waals surface area contributed by atoms with Gasteiger partial charge in [-0.15, -0.1) is 0 Å². The van der Waals surface area contributed by atoms with E-state index in [2.05, 4.69) is 0 Å². The molecule has 0 fully saturated rings. The summed E-state index contributed by atoms with van der Waals surface area (Å²) in [4.78, 5) is 0. The normalized spacial score (nSPS) is 12.9. The molecule has 0 aliphatic carbocycles. The fourth-order valence-electron chi connectivity index (χ4n) is 1.22. The molecule has 1 nitrogen and oxygen atoms in total. The average molecular weight is 202 g/mol. The molecule has 0 bridgehead atoms. The van der Waals surface area contributed by atoms with Gasteiger partial charge in [0.25, 0.3) is 0 Å². The molecule has 0 saturated heterocycles. The first kappa shape index (κ1) is 10.3. The highest BCUT2D eigenvalue weighted by Crippen LogP contribution is 2.29. The van der Waals surface area contributed by atoms with E-state index in [1.54, 1.807) is 0 Å². The van der Waals surface area contributed by atoms with Crippen LogP contribution in [0.5, 0.6) is 0 Å². The fraction of sp³-hybridized carbons (Fsp3) is 0.400. The predicted octanol–water partition coefficient (Wildman–Crippen LogP) is 3.57. The van der Waals surface area contributed by atoms with Gasteiger partial charge in [0.15, 0.2) is 0 Å². The Kier molecular flexibility index (Phi) is 3.15. The first-order valence-corrected chi connectivity index (χ1v) is 4.68. The van der Waals surface area contributed by atoms with E-state index in [1.165, 1.54) is 12.1 Å². The number of halogens is 2. The maximum Gasteiger partial charge on any atom is 0.142 e. The maximum atomic E-state index is 13.1. The Morgan fingerprint density at radius 2 is 2.15 bits per heavy atom. The molecule has 0 spiro atoms. The molecule has 0 aliphatic heterocycles. The van der Waals surface area contributed by atoms with Gasteiger partial charge in [-0.2, -0.15) is 0 Å². The van der Waals surface area contributed by atoms with E-state index in [-0.39, 0.29) is 10.9 Å². The van der Waals surface area contributed by atoms with E-state index in [4.69, 9.17) is 17.3 Å². The molecular formula is C10H13ClFN. The van der Waals surface area contributed by atoms with Crippen molar-refractivity contribution in [1.29, 1.82) is 0 Å². The lowest BCUT2D eigenvalue weighted by Gasteiger charge is -2.12. The summed E-state index contributed by atoms with van der Waals surface area (Å²) in [7, 11) is 0. The van der Waals surface area contributed by atoms with Gasteiger partial charge in [0.2, 0.25) is 0 Å². The lowest BCUT2D eigenvalue weighted by Crippen LogP contribution is -1.99. The van der Waals surface area contributed by atoms with Crippen LogP contribution in [0.3, 0.4) is 0 Å². The number of anilines is 1. The highest BCUT2D eigenvalue weighted by Gasteiger charge is 2.10. The van der Waals surface area contributed by atoms with Gasteiger partial charge < -0.3 is 5.73 Å². The lowest BCUT2D eigenvalue weighted by molar-refractivity contribution is 0.621. The Morgan fingerprint density at radius 3 is 2.69 bits per heavy atom. The Bertz CT molecular complexity index is 312. The standard InChI is InChI=1S/C10H13ClFN/c1-3-6(2)7-4-9(12)8(11)5-10(7)13/h4-6H,3,13H2,1-2H3. The van der Waals surface area contributed by atoms with Gasteiger partial charge in [-0.3, -0.25) is 0 Å².